The van der Waals surface area contributed by atoms with Crippen LogP contribution in [0.5, 0.6) is 0 Å². The minimum atomic E-state index is 0. The highest BCUT2D eigenvalue weighted by Crippen LogP contribution is 2.46. The Hall–Kier alpha value is -1.63. The average Bonchev–Trinajstić information content (AvgIpc) is 3.39. The monoisotopic (exact) mass is 436 g/mol. The van der Waals surface area contributed by atoms with Gasteiger partial charge in [-0.2, -0.15) is 0 Å². The number of hydrogen-bond acceptors (Lipinski definition) is 2. The Morgan fingerprint density at radius 1 is 1.12 bits per heavy atom. The van der Waals surface area contributed by atoms with E-state index in [1.54, 1.807) is 0 Å². The molecule has 24 heavy (non-hydrogen) atoms. The maximum absolute atomic E-state index is 4.33. The highest BCUT2D eigenvalue weighted by atomic mass is 127. The van der Waals surface area contributed by atoms with Gasteiger partial charge >= 0.3 is 0 Å². The standard InChI is InChI=1S/C19H24N4.HI/c1-20-19(22-12-10-17-9-5-6-11-21-17)23-14-16-13-18(16)15-7-3-2-4-8-15;/h2-9,11,16,18H,10,12-14H2,1H3,(H2,20,22,23);1H. The molecule has 1 heterocycles. The van der Waals surface area contributed by atoms with Crippen molar-refractivity contribution in [1.29, 1.82) is 0 Å². The van der Waals surface area contributed by atoms with Gasteiger partial charge in [0.05, 0.1) is 0 Å². The maximum atomic E-state index is 4.33. The van der Waals surface area contributed by atoms with E-state index in [9.17, 15) is 0 Å². The predicted octanol–water partition coefficient (Wildman–Crippen LogP) is 3.21. The maximum Gasteiger partial charge on any atom is 0.190 e. The molecule has 1 aliphatic carbocycles. The zero-order chi connectivity index (χ0) is 15.9. The van der Waals surface area contributed by atoms with Gasteiger partial charge in [0.25, 0.3) is 0 Å². The van der Waals surface area contributed by atoms with Gasteiger partial charge in [0.1, 0.15) is 0 Å². The zero-order valence-corrected chi connectivity index (χ0v) is 16.3. The Bertz CT molecular complexity index is 630. The molecule has 2 unspecified atom stereocenters. The molecule has 1 aromatic heterocycles. The summed E-state index contributed by atoms with van der Waals surface area (Å²) in [5.74, 6) is 2.29. The topological polar surface area (TPSA) is 49.3 Å². The van der Waals surface area contributed by atoms with Crippen LogP contribution in [0.3, 0.4) is 0 Å². The lowest BCUT2D eigenvalue weighted by atomic mass is 10.1. The molecule has 1 fully saturated rings. The van der Waals surface area contributed by atoms with E-state index in [-0.39, 0.29) is 24.0 Å². The van der Waals surface area contributed by atoms with Gasteiger partial charge in [-0.05, 0) is 36.0 Å². The molecule has 0 saturated heterocycles. The molecule has 0 aliphatic heterocycles. The van der Waals surface area contributed by atoms with Crippen LogP contribution in [0.4, 0.5) is 0 Å². The third-order valence-corrected chi connectivity index (χ3v) is 4.31. The molecule has 5 heteroatoms. The second-order valence-corrected chi connectivity index (χ2v) is 5.96. The van der Waals surface area contributed by atoms with E-state index in [4.69, 9.17) is 0 Å². The van der Waals surface area contributed by atoms with E-state index in [0.29, 0.717) is 11.8 Å². The first-order valence-corrected chi connectivity index (χ1v) is 8.26. The molecule has 0 amide bonds. The first-order valence-electron chi connectivity index (χ1n) is 8.26. The summed E-state index contributed by atoms with van der Waals surface area (Å²) in [6, 6.07) is 16.8. The van der Waals surface area contributed by atoms with Crippen LogP contribution >= 0.6 is 24.0 Å². The summed E-state index contributed by atoms with van der Waals surface area (Å²) in [5.41, 5.74) is 2.55. The number of nitrogens with one attached hydrogen (secondary N) is 2. The third-order valence-electron chi connectivity index (χ3n) is 4.31. The molecular weight excluding hydrogens is 411 g/mol. The lowest BCUT2D eigenvalue weighted by molar-refractivity contribution is 0.715. The van der Waals surface area contributed by atoms with Crippen molar-refractivity contribution in [3.05, 3.63) is 66.0 Å². The zero-order valence-electron chi connectivity index (χ0n) is 14.0. The summed E-state index contributed by atoms with van der Waals surface area (Å²) in [5, 5.41) is 6.79. The Morgan fingerprint density at radius 3 is 2.62 bits per heavy atom. The predicted molar refractivity (Wildman–Crippen MR) is 110 cm³/mol. The van der Waals surface area contributed by atoms with E-state index in [1.165, 1.54) is 12.0 Å². The summed E-state index contributed by atoms with van der Waals surface area (Å²) < 4.78 is 0. The van der Waals surface area contributed by atoms with Crippen LogP contribution in [0.1, 0.15) is 23.6 Å². The van der Waals surface area contributed by atoms with Crippen molar-refractivity contribution in [2.24, 2.45) is 10.9 Å². The van der Waals surface area contributed by atoms with Gasteiger partial charge in [-0.1, -0.05) is 36.4 Å². The Balaban J connectivity index is 0.00000208. The molecule has 2 atom stereocenters. The van der Waals surface area contributed by atoms with Crippen molar-refractivity contribution in [3.8, 4) is 0 Å². The first kappa shape index (κ1) is 18.7. The van der Waals surface area contributed by atoms with Gasteiger partial charge in [0.2, 0.25) is 0 Å². The van der Waals surface area contributed by atoms with Crippen molar-refractivity contribution in [3.63, 3.8) is 0 Å². The van der Waals surface area contributed by atoms with Crippen LogP contribution in [-0.4, -0.2) is 31.1 Å². The van der Waals surface area contributed by atoms with Crippen molar-refractivity contribution < 1.29 is 0 Å². The second-order valence-electron chi connectivity index (χ2n) is 5.96. The van der Waals surface area contributed by atoms with Crippen LogP contribution in [-0.2, 0) is 6.42 Å². The van der Waals surface area contributed by atoms with Crippen LogP contribution in [0.25, 0.3) is 0 Å². The van der Waals surface area contributed by atoms with Gasteiger partial charge in [0, 0.05) is 38.4 Å². The molecule has 3 rings (SSSR count). The van der Waals surface area contributed by atoms with E-state index < -0.39 is 0 Å². The number of rotatable bonds is 6. The number of hydrogen-bond donors (Lipinski definition) is 2. The number of aliphatic imine (C=N–C) groups is 1. The first-order chi connectivity index (χ1) is 11.4. The van der Waals surface area contributed by atoms with Crippen LogP contribution < -0.4 is 10.6 Å². The molecule has 1 saturated carbocycles. The molecule has 1 aliphatic rings. The Labute approximate surface area is 161 Å². The summed E-state index contributed by atoms with van der Waals surface area (Å²) in [6.07, 6.45) is 4.00. The fraction of sp³-hybridized carbons (Fsp3) is 0.368. The van der Waals surface area contributed by atoms with Gasteiger partial charge in [0.15, 0.2) is 5.96 Å². The SMILES string of the molecule is CN=C(NCCc1ccccn1)NCC1CC1c1ccccc1.I. The van der Waals surface area contributed by atoms with Crippen molar-refractivity contribution >= 4 is 29.9 Å². The van der Waals surface area contributed by atoms with Crippen LogP contribution in [0.15, 0.2) is 59.7 Å². The molecule has 2 N–H and O–H groups in total. The molecule has 1 aromatic carbocycles. The fourth-order valence-corrected chi connectivity index (χ4v) is 2.89. The van der Waals surface area contributed by atoms with Crippen molar-refractivity contribution in [2.45, 2.75) is 18.8 Å². The minimum absolute atomic E-state index is 0. The second kappa shape index (κ2) is 9.61. The number of pyridine rings is 1. The summed E-state index contributed by atoms with van der Waals surface area (Å²) in [7, 11) is 1.82. The molecule has 0 spiro atoms. The summed E-state index contributed by atoms with van der Waals surface area (Å²) >= 11 is 0. The third kappa shape index (κ3) is 5.47. The lowest BCUT2D eigenvalue weighted by Gasteiger charge is -2.11. The molecule has 0 bridgehead atoms. The number of halogens is 1. The van der Waals surface area contributed by atoms with Crippen molar-refractivity contribution in [1.82, 2.24) is 15.6 Å². The average molecular weight is 436 g/mol. The summed E-state index contributed by atoms with van der Waals surface area (Å²) in [6.45, 7) is 1.81. The fourth-order valence-electron chi connectivity index (χ4n) is 2.89. The van der Waals surface area contributed by atoms with Crippen LogP contribution in [0.2, 0.25) is 0 Å². The molecule has 0 radical (unpaired) electrons. The van der Waals surface area contributed by atoms with Gasteiger partial charge in [-0.25, -0.2) is 0 Å². The molecular formula is C19H25IN4. The van der Waals surface area contributed by atoms with Crippen molar-refractivity contribution in [2.75, 3.05) is 20.1 Å². The molecule has 2 aromatic rings. The quantitative estimate of drug-likeness (QED) is 0.416. The van der Waals surface area contributed by atoms with Gasteiger partial charge < -0.3 is 10.6 Å². The van der Waals surface area contributed by atoms with E-state index >= 15 is 0 Å². The van der Waals surface area contributed by atoms with Gasteiger partial charge in [-0.15, -0.1) is 24.0 Å². The minimum Gasteiger partial charge on any atom is -0.356 e. The largest absolute Gasteiger partial charge is 0.356 e. The molecule has 4 nitrogen and oxygen atoms in total. The van der Waals surface area contributed by atoms with E-state index in [2.05, 4.69) is 50.9 Å². The smallest absolute Gasteiger partial charge is 0.190 e. The lowest BCUT2D eigenvalue weighted by Crippen LogP contribution is -2.39. The number of aromatic nitrogens is 1. The Kier molecular flexibility index (Phi) is 7.49. The number of guanidine groups is 1. The number of benzene rings is 1. The van der Waals surface area contributed by atoms with Crippen LogP contribution in [0, 0.1) is 5.92 Å². The highest BCUT2D eigenvalue weighted by Gasteiger charge is 2.37. The Morgan fingerprint density at radius 2 is 1.92 bits per heavy atom. The highest BCUT2D eigenvalue weighted by molar-refractivity contribution is 14.0. The number of nitrogens with zero attached hydrogens (tertiary/aromatic N) is 2. The van der Waals surface area contributed by atoms with Gasteiger partial charge in [-0.3, -0.25) is 9.98 Å². The summed E-state index contributed by atoms with van der Waals surface area (Å²) in [4.78, 5) is 8.62. The molecule has 128 valence electrons. The van der Waals surface area contributed by atoms with E-state index in [1.807, 2.05) is 31.4 Å². The van der Waals surface area contributed by atoms with E-state index in [0.717, 1.165) is 31.2 Å². The normalized spacial score (nSPS) is 19.3.